The molecule has 0 saturated carbocycles. The zero-order chi connectivity index (χ0) is 16.5. The first-order chi connectivity index (χ1) is 11.2. The van der Waals surface area contributed by atoms with Crippen LogP contribution in [-0.4, -0.2) is 12.6 Å². The Morgan fingerprint density at radius 3 is 2.57 bits per heavy atom. The van der Waals surface area contributed by atoms with Crippen molar-refractivity contribution < 1.29 is 14.3 Å². The van der Waals surface area contributed by atoms with E-state index >= 15 is 0 Å². The zero-order valence-corrected chi connectivity index (χ0v) is 13.6. The van der Waals surface area contributed by atoms with Gasteiger partial charge in [0.1, 0.15) is 12.4 Å². The smallest absolute Gasteiger partial charge is 0.330 e. The van der Waals surface area contributed by atoms with Crippen molar-refractivity contribution in [2.75, 3.05) is 6.61 Å². The van der Waals surface area contributed by atoms with Crippen molar-refractivity contribution in [2.24, 2.45) is 0 Å². The summed E-state index contributed by atoms with van der Waals surface area (Å²) in [5.74, 6) is 0.555. The Morgan fingerprint density at radius 2 is 1.87 bits per heavy atom. The lowest BCUT2D eigenvalue weighted by Crippen LogP contribution is -1.99. The van der Waals surface area contributed by atoms with Crippen LogP contribution >= 0.6 is 0 Å². The van der Waals surface area contributed by atoms with Gasteiger partial charge in [0.15, 0.2) is 0 Å². The third kappa shape index (κ3) is 5.29. The predicted octanol–water partition coefficient (Wildman–Crippen LogP) is 4.40. The van der Waals surface area contributed by atoms with Crippen LogP contribution in [0.3, 0.4) is 0 Å². The Morgan fingerprint density at radius 1 is 1.09 bits per heavy atom. The van der Waals surface area contributed by atoms with Crippen LogP contribution in [0.4, 0.5) is 0 Å². The van der Waals surface area contributed by atoms with Crippen LogP contribution in [0.1, 0.15) is 30.5 Å². The number of esters is 1. The Labute approximate surface area is 137 Å². The molecule has 0 bridgehead atoms. The fourth-order valence-electron chi connectivity index (χ4n) is 2.21. The van der Waals surface area contributed by atoms with Gasteiger partial charge in [0.25, 0.3) is 0 Å². The van der Waals surface area contributed by atoms with Gasteiger partial charge in [0, 0.05) is 6.08 Å². The van der Waals surface area contributed by atoms with E-state index < -0.39 is 0 Å². The lowest BCUT2D eigenvalue weighted by molar-refractivity contribution is -0.137. The zero-order valence-electron chi connectivity index (χ0n) is 13.6. The second-order valence-electron chi connectivity index (χ2n) is 5.08. The highest BCUT2D eigenvalue weighted by atomic mass is 16.5. The molecule has 2 aromatic carbocycles. The summed E-state index contributed by atoms with van der Waals surface area (Å²) in [5, 5.41) is 0. The number of hydrogen-bond donors (Lipinski definition) is 0. The van der Waals surface area contributed by atoms with Gasteiger partial charge in [-0.3, -0.25) is 0 Å². The van der Waals surface area contributed by atoms with Gasteiger partial charge >= 0.3 is 5.97 Å². The largest absolute Gasteiger partial charge is 0.489 e. The molecule has 0 saturated heterocycles. The van der Waals surface area contributed by atoms with Gasteiger partial charge in [-0.1, -0.05) is 43.3 Å². The molecule has 0 unspecified atom stereocenters. The highest BCUT2D eigenvalue weighted by Crippen LogP contribution is 2.22. The van der Waals surface area contributed by atoms with Crippen molar-refractivity contribution in [3.05, 3.63) is 71.3 Å². The third-order valence-corrected chi connectivity index (χ3v) is 3.40. The van der Waals surface area contributed by atoms with E-state index in [4.69, 9.17) is 9.47 Å². The molecule has 0 aliphatic rings. The molecule has 0 atom stereocenters. The number of carbonyl (C=O) groups excluding carboxylic acids is 1. The van der Waals surface area contributed by atoms with Crippen LogP contribution in [0, 0.1) is 0 Å². The van der Waals surface area contributed by atoms with Crippen molar-refractivity contribution >= 4 is 12.0 Å². The first-order valence-electron chi connectivity index (χ1n) is 7.87. The second-order valence-corrected chi connectivity index (χ2v) is 5.08. The Hall–Kier alpha value is -2.55. The third-order valence-electron chi connectivity index (χ3n) is 3.40. The van der Waals surface area contributed by atoms with Gasteiger partial charge in [-0.2, -0.15) is 0 Å². The van der Waals surface area contributed by atoms with Gasteiger partial charge in [-0.15, -0.1) is 0 Å². The van der Waals surface area contributed by atoms with E-state index in [0.29, 0.717) is 13.2 Å². The molecule has 2 rings (SSSR count). The van der Waals surface area contributed by atoms with Crippen molar-refractivity contribution in [3.8, 4) is 5.75 Å². The SMILES string of the molecule is CCOC(=O)C=Cc1ccc(OCc2ccccc2)c(CC)c1. The highest BCUT2D eigenvalue weighted by molar-refractivity contribution is 5.87. The van der Waals surface area contributed by atoms with Crippen molar-refractivity contribution in [3.63, 3.8) is 0 Å². The van der Waals surface area contributed by atoms with E-state index in [0.717, 1.165) is 28.9 Å². The fourth-order valence-corrected chi connectivity index (χ4v) is 2.21. The van der Waals surface area contributed by atoms with Crippen LogP contribution in [-0.2, 0) is 22.6 Å². The number of hydrogen-bond acceptors (Lipinski definition) is 3. The molecule has 120 valence electrons. The maximum Gasteiger partial charge on any atom is 0.330 e. The van der Waals surface area contributed by atoms with Gasteiger partial charge < -0.3 is 9.47 Å². The van der Waals surface area contributed by atoms with E-state index in [1.54, 1.807) is 13.0 Å². The summed E-state index contributed by atoms with van der Waals surface area (Å²) in [4.78, 5) is 11.4. The highest BCUT2D eigenvalue weighted by Gasteiger charge is 2.04. The van der Waals surface area contributed by atoms with Crippen molar-refractivity contribution in [1.29, 1.82) is 0 Å². The molecule has 0 fully saturated rings. The maximum absolute atomic E-state index is 11.4. The average molecular weight is 310 g/mol. The monoisotopic (exact) mass is 310 g/mol. The molecule has 3 nitrogen and oxygen atoms in total. The number of ether oxygens (including phenoxy) is 2. The van der Waals surface area contributed by atoms with Gasteiger partial charge in [0.2, 0.25) is 0 Å². The molecule has 0 radical (unpaired) electrons. The molecule has 3 heteroatoms. The lowest BCUT2D eigenvalue weighted by Gasteiger charge is -2.11. The number of carbonyl (C=O) groups is 1. The minimum atomic E-state index is -0.324. The first kappa shape index (κ1) is 16.8. The van der Waals surface area contributed by atoms with E-state index in [9.17, 15) is 4.79 Å². The molecule has 0 aliphatic heterocycles. The summed E-state index contributed by atoms with van der Waals surface area (Å²) in [6.45, 7) is 4.81. The molecular formula is C20H22O3. The molecule has 0 N–H and O–H groups in total. The molecule has 0 amide bonds. The fraction of sp³-hybridized carbons (Fsp3) is 0.250. The van der Waals surface area contributed by atoms with Crippen LogP contribution in [0.5, 0.6) is 5.75 Å². The molecule has 0 heterocycles. The summed E-state index contributed by atoms with van der Waals surface area (Å²) in [6, 6.07) is 16.0. The molecular weight excluding hydrogens is 288 g/mol. The Kier molecular flexibility index (Phi) is 6.42. The Balaban J connectivity index is 2.05. The standard InChI is InChI=1S/C20H22O3/c1-3-18-14-16(11-13-20(21)22-4-2)10-12-19(18)23-15-17-8-6-5-7-9-17/h5-14H,3-4,15H2,1-2H3. The first-order valence-corrected chi connectivity index (χ1v) is 7.87. The number of benzene rings is 2. The topological polar surface area (TPSA) is 35.5 Å². The lowest BCUT2D eigenvalue weighted by atomic mass is 10.1. The normalized spacial score (nSPS) is 10.7. The summed E-state index contributed by atoms with van der Waals surface area (Å²) in [6.07, 6.45) is 4.08. The van der Waals surface area contributed by atoms with Crippen LogP contribution < -0.4 is 4.74 Å². The summed E-state index contributed by atoms with van der Waals surface area (Å²) in [5.41, 5.74) is 3.22. The van der Waals surface area contributed by atoms with Gasteiger partial charge in [-0.05, 0) is 48.2 Å². The van der Waals surface area contributed by atoms with Crippen LogP contribution in [0.25, 0.3) is 6.08 Å². The van der Waals surface area contributed by atoms with E-state index in [1.807, 2.05) is 48.5 Å². The quantitative estimate of drug-likeness (QED) is 0.561. The number of aryl methyl sites for hydroxylation is 1. The van der Waals surface area contributed by atoms with E-state index in [-0.39, 0.29) is 5.97 Å². The minimum absolute atomic E-state index is 0.324. The van der Waals surface area contributed by atoms with Crippen molar-refractivity contribution in [2.45, 2.75) is 26.9 Å². The molecule has 2 aromatic rings. The summed E-state index contributed by atoms with van der Waals surface area (Å²) in [7, 11) is 0. The van der Waals surface area contributed by atoms with Gasteiger partial charge in [0.05, 0.1) is 6.61 Å². The molecule has 0 aliphatic carbocycles. The maximum atomic E-state index is 11.4. The molecule has 0 aromatic heterocycles. The summed E-state index contributed by atoms with van der Waals surface area (Å²) < 4.78 is 10.8. The van der Waals surface area contributed by atoms with Crippen molar-refractivity contribution in [1.82, 2.24) is 0 Å². The predicted molar refractivity (Wildman–Crippen MR) is 92.3 cm³/mol. The second kappa shape index (κ2) is 8.79. The van der Waals surface area contributed by atoms with Crippen LogP contribution in [0.2, 0.25) is 0 Å². The molecule has 23 heavy (non-hydrogen) atoms. The minimum Gasteiger partial charge on any atom is -0.489 e. The van der Waals surface area contributed by atoms with E-state index in [1.165, 1.54) is 6.08 Å². The van der Waals surface area contributed by atoms with Crippen LogP contribution in [0.15, 0.2) is 54.6 Å². The number of rotatable bonds is 7. The van der Waals surface area contributed by atoms with E-state index in [2.05, 4.69) is 6.92 Å². The Bertz CT molecular complexity index is 660. The average Bonchev–Trinajstić information content (AvgIpc) is 2.59. The van der Waals surface area contributed by atoms with Gasteiger partial charge in [-0.25, -0.2) is 4.79 Å². The summed E-state index contributed by atoms with van der Waals surface area (Å²) >= 11 is 0. The molecule has 0 spiro atoms.